The molecule has 3 unspecified atom stereocenters. The molecule has 0 aromatic heterocycles. The maximum Gasteiger partial charge on any atom is 0.246 e. The van der Waals surface area contributed by atoms with Crippen LogP contribution in [0, 0.1) is 5.41 Å². The van der Waals surface area contributed by atoms with Crippen molar-refractivity contribution < 1.29 is 19.5 Å². The van der Waals surface area contributed by atoms with Gasteiger partial charge in [0, 0.05) is 19.0 Å². The van der Waals surface area contributed by atoms with Crippen molar-refractivity contribution in [1.82, 2.24) is 9.80 Å². The lowest BCUT2D eigenvalue weighted by Crippen LogP contribution is -2.54. The Hall–Kier alpha value is -2.21. The van der Waals surface area contributed by atoms with Crippen LogP contribution in [0.3, 0.4) is 0 Å². The molecule has 1 aromatic rings. The summed E-state index contributed by atoms with van der Waals surface area (Å²) in [6.07, 6.45) is 4.74. The number of Topliss-reactive ketones (excluding diaryl/α,β-unsaturated/α-hetero) is 1. The molecule has 3 atom stereocenters. The SMILES string of the molecule is CC(C)(C)C1CCC(C(=O)N2CCCC2C(=O)CO)N1C(=O)CCCc1ccccc1. The molecule has 6 nitrogen and oxygen atoms in total. The summed E-state index contributed by atoms with van der Waals surface area (Å²) in [5.74, 6) is -0.416. The lowest BCUT2D eigenvalue weighted by atomic mass is 9.85. The Morgan fingerprint density at radius 1 is 1.03 bits per heavy atom. The van der Waals surface area contributed by atoms with E-state index in [9.17, 15) is 19.5 Å². The van der Waals surface area contributed by atoms with E-state index in [4.69, 9.17) is 0 Å². The van der Waals surface area contributed by atoms with Gasteiger partial charge in [0.15, 0.2) is 5.78 Å². The molecule has 3 rings (SSSR count). The summed E-state index contributed by atoms with van der Waals surface area (Å²) >= 11 is 0. The van der Waals surface area contributed by atoms with Crippen LogP contribution in [-0.2, 0) is 20.8 Å². The number of amides is 2. The van der Waals surface area contributed by atoms with Crippen molar-refractivity contribution in [2.24, 2.45) is 5.41 Å². The first kappa shape index (κ1) is 23.5. The van der Waals surface area contributed by atoms with E-state index < -0.39 is 18.7 Å². The Labute approximate surface area is 185 Å². The number of carbonyl (C=O) groups is 3. The molecule has 2 heterocycles. The van der Waals surface area contributed by atoms with E-state index >= 15 is 0 Å². The Balaban J connectivity index is 1.73. The van der Waals surface area contributed by atoms with Gasteiger partial charge >= 0.3 is 0 Å². The highest BCUT2D eigenvalue weighted by molar-refractivity contribution is 5.94. The van der Waals surface area contributed by atoms with Crippen LogP contribution < -0.4 is 0 Å². The van der Waals surface area contributed by atoms with Gasteiger partial charge in [-0.1, -0.05) is 51.1 Å². The van der Waals surface area contributed by atoms with Gasteiger partial charge in [0.2, 0.25) is 11.8 Å². The highest BCUT2D eigenvalue weighted by atomic mass is 16.3. The number of hydrogen-bond acceptors (Lipinski definition) is 4. The monoisotopic (exact) mass is 428 g/mol. The van der Waals surface area contributed by atoms with Gasteiger partial charge in [0.25, 0.3) is 0 Å². The highest BCUT2D eigenvalue weighted by Gasteiger charge is 2.48. The normalized spacial score (nSPS) is 23.9. The molecule has 1 N–H and O–H groups in total. The van der Waals surface area contributed by atoms with Gasteiger partial charge in [-0.25, -0.2) is 0 Å². The maximum atomic E-state index is 13.5. The van der Waals surface area contributed by atoms with E-state index in [2.05, 4.69) is 32.9 Å². The van der Waals surface area contributed by atoms with E-state index in [0.717, 1.165) is 25.7 Å². The second-order valence-corrected chi connectivity index (χ2v) is 9.93. The lowest BCUT2D eigenvalue weighted by molar-refractivity contribution is -0.149. The van der Waals surface area contributed by atoms with Crippen LogP contribution in [0.1, 0.15) is 64.9 Å². The number of aliphatic hydroxyl groups excluding tert-OH is 1. The largest absolute Gasteiger partial charge is 0.389 e. The number of nitrogens with zero attached hydrogens (tertiary/aromatic N) is 2. The smallest absolute Gasteiger partial charge is 0.246 e. The van der Waals surface area contributed by atoms with Gasteiger partial charge in [-0.3, -0.25) is 14.4 Å². The van der Waals surface area contributed by atoms with Crippen molar-refractivity contribution in [3.8, 4) is 0 Å². The molecule has 6 heteroatoms. The molecule has 0 aliphatic carbocycles. The Bertz CT molecular complexity index is 786. The lowest BCUT2D eigenvalue weighted by Gasteiger charge is -2.39. The summed E-state index contributed by atoms with van der Waals surface area (Å²) in [5.41, 5.74) is 1.08. The predicted octanol–water partition coefficient (Wildman–Crippen LogP) is 2.97. The predicted molar refractivity (Wildman–Crippen MR) is 119 cm³/mol. The van der Waals surface area contributed by atoms with E-state index in [1.807, 2.05) is 23.1 Å². The van der Waals surface area contributed by atoms with Gasteiger partial charge in [0.05, 0.1) is 6.04 Å². The average molecular weight is 429 g/mol. The Morgan fingerprint density at radius 2 is 1.74 bits per heavy atom. The molecule has 0 spiro atoms. The number of carbonyl (C=O) groups excluding carboxylic acids is 3. The fraction of sp³-hybridized carbons (Fsp3) is 0.640. The average Bonchev–Trinajstić information content (AvgIpc) is 3.40. The van der Waals surface area contributed by atoms with Crippen molar-refractivity contribution in [2.45, 2.75) is 83.8 Å². The number of aliphatic hydroxyl groups is 1. The number of benzene rings is 1. The molecule has 2 fully saturated rings. The Morgan fingerprint density at radius 3 is 2.39 bits per heavy atom. The molecule has 2 aliphatic rings. The summed E-state index contributed by atoms with van der Waals surface area (Å²) < 4.78 is 0. The molecular weight excluding hydrogens is 392 g/mol. The van der Waals surface area contributed by atoms with Crippen molar-refractivity contribution in [1.29, 1.82) is 0 Å². The highest BCUT2D eigenvalue weighted by Crippen LogP contribution is 2.38. The molecule has 170 valence electrons. The quantitative estimate of drug-likeness (QED) is 0.724. The number of hydrogen-bond donors (Lipinski definition) is 1. The van der Waals surface area contributed by atoms with Gasteiger partial charge < -0.3 is 14.9 Å². The number of likely N-dealkylation sites (tertiary alicyclic amines) is 2. The fourth-order valence-electron chi connectivity index (χ4n) is 5.13. The molecular formula is C25H36N2O4. The zero-order valence-electron chi connectivity index (χ0n) is 19.0. The summed E-state index contributed by atoms with van der Waals surface area (Å²) in [6.45, 7) is 6.31. The standard InChI is InChI=1S/C25H36N2O4/c1-25(2,3)22-15-14-20(24(31)26-16-8-12-19(26)21(29)17-28)27(22)23(30)13-7-11-18-9-5-4-6-10-18/h4-6,9-10,19-20,22,28H,7-8,11-17H2,1-3H3. The van der Waals surface area contributed by atoms with Crippen LogP contribution in [0.4, 0.5) is 0 Å². The second-order valence-electron chi connectivity index (χ2n) is 9.93. The summed E-state index contributed by atoms with van der Waals surface area (Å²) in [5, 5.41) is 9.29. The molecule has 0 radical (unpaired) electrons. The first-order chi connectivity index (χ1) is 14.7. The third-order valence-electron chi connectivity index (χ3n) is 6.72. The van der Waals surface area contributed by atoms with Crippen LogP contribution in [0.15, 0.2) is 30.3 Å². The number of rotatable bonds is 7. The van der Waals surface area contributed by atoms with Gasteiger partial charge in [-0.15, -0.1) is 0 Å². The van der Waals surface area contributed by atoms with Crippen molar-refractivity contribution in [3.63, 3.8) is 0 Å². The molecule has 2 amide bonds. The minimum Gasteiger partial charge on any atom is -0.389 e. The third-order valence-corrected chi connectivity index (χ3v) is 6.72. The van der Waals surface area contributed by atoms with Crippen molar-refractivity contribution >= 4 is 17.6 Å². The first-order valence-corrected chi connectivity index (χ1v) is 11.5. The van der Waals surface area contributed by atoms with E-state index in [0.29, 0.717) is 25.8 Å². The second kappa shape index (κ2) is 9.94. The van der Waals surface area contributed by atoms with E-state index in [1.54, 1.807) is 4.90 Å². The molecule has 2 aliphatic heterocycles. The Kier molecular flexibility index (Phi) is 7.52. The van der Waals surface area contributed by atoms with Crippen LogP contribution in [-0.4, -0.2) is 63.8 Å². The topological polar surface area (TPSA) is 77.9 Å². The molecule has 31 heavy (non-hydrogen) atoms. The number of ketones is 1. The maximum absolute atomic E-state index is 13.5. The first-order valence-electron chi connectivity index (χ1n) is 11.5. The van der Waals surface area contributed by atoms with Crippen molar-refractivity contribution in [2.75, 3.05) is 13.2 Å². The number of aryl methyl sites for hydroxylation is 1. The third kappa shape index (κ3) is 5.35. The van der Waals surface area contributed by atoms with E-state index in [-0.39, 0.29) is 29.1 Å². The van der Waals surface area contributed by atoms with Crippen LogP contribution >= 0.6 is 0 Å². The zero-order chi connectivity index (χ0) is 22.6. The zero-order valence-corrected chi connectivity index (χ0v) is 19.0. The summed E-state index contributed by atoms with van der Waals surface area (Å²) in [4.78, 5) is 42.4. The minimum atomic E-state index is -0.554. The molecule has 1 aromatic carbocycles. The van der Waals surface area contributed by atoms with Crippen LogP contribution in [0.2, 0.25) is 0 Å². The summed E-state index contributed by atoms with van der Waals surface area (Å²) in [7, 11) is 0. The van der Waals surface area contributed by atoms with Crippen molar-refractivity contribution in [3.05, 3.63) is 35.9 Å². The molecule has 0 bridgehead atoms. The fourth-order valence-corrected chi connectivity index (χ4v) is 5.13. The molecule has 0 saturated carbocycles. The van der Waals surface area contributed by atoms with Gasteiger partial charge in [0.1, 0.15) is 12.6 Å². The minimum absolute atomic E-state index is 0.000252. The van der Waals surface area contributed by atoms with Crippen LogP contribution in [0.5, 0.6) is 0 Å². The van der Waals surface area contributed by atoms with E-state index in [1.165, 1.54) is 5.56 Å². The summed E-state index contributed by atoms with van der Waals surface area (Å²) in [6, 6.07) is 9.05. The molecule has 2 saturated heterocycles. The van der Waals surface area contributed by atoms with Crippen LogP contribution in [0.25, 0.3) is 0 Å². The van der Waals surface area contributed by atoms with Gasteiger partial charge in [-0.05, 0) is 49.5 Å². The van der Waals surface area contributed by atoms with Gasteiger partial charge in [-0.2, -0.15) is 0 Å².